The quantitative estimate of drug-likeness (QED) is 0.656. The molecule has 58 valence electrons. The van der Waals surface area contributed by atoms with E-state index in [9.17, 15) is 0 Å². The Kier molecular flexibility index (Phi) is 2.66. The van der Waals surface area contributed by atoms with E-state index in [1.54, 1.807) is 0 Å². The monoisotopic (exact) mass is 149 g/mol. The third-order valence-corrected chi connectivity index (χ3v) is 1.36. The highest BCUT2D eigenvalue weighted by molar-refractivity contribution is 5.76. The molecule has 0 heterocycles. The van der Waals surface area contributed by atoms with Gasteiger partial charge in [0, 0.05) is 6.21 Å². The number of hydrogen-bond donors (Lipinski definition) is 1. The Labute approximate surface area is 66.3 Å². The first-order valence-electron chi connectivity index (χ1n) is 3.60. The summed E-state index contributed by atoms with van der Waals surface area (Å²) in [4.78, 5) is 0. The molecule has 0 spiro atoms. The largest absolute Gasteiger partial charge is 0.494 e. The van der Waals surface area contributed by atoms with Gasteiger partial charge in [-0.05, 0) is 36.8 Å². The van der Waals surface area contributed by atoms with Gasteiger partial charge >= 0.3 is 0 Å². The summed E-state index contributed by atoms with van der Waals surface area (Å²) in [6.45, 7) is 2.63. The van der Waals surface area contributed by atoms with E-state index < -0.39 is 0 Å². The first-order valence-corrected chi connectivity index (χ1v) is 3.60. The van der Waals surface area contributed by atoms with Crippen LogP contribution in [0.15, 0.2) is 24.3 Å². The van der Waals surface area contributed by atoms with Crippen LogP contribution in [-0.4, -0.2) is 12.8 Å². The van der Waals surface area contributed by atoms with Crippen LogP contribution in [0.2, 0.25) is 0 Å². The maximum atomic E-state index is 6.95. The van der Waals surface area contributed by atoms with Gasteiger partial charge in [0.15, 0.2) is 0 Å². The molecule has 2 heteroatoms. The molecular formula is C9H11NO. The molecule has 1 rings (SSSR count). The molecule has 2 nitrogen and oxygen atoms in total. The molecule has 1 N–H and O–H groups in total. The van der Waals surface area contributed by atoms with Crippen LogP contribution in [0.4, 0.5) is 0 Å². The van der Waals surface area contributed by atoms with E-state index in [2.05, 4.69) is 0 Å². The van der Waals surface area contributed by atoms with Crippen LogP contribution in [0.1, 0.15) is 12.5 Å². The van der Waals surface area contributed by atoms with Gasteiger partial charge in [0.25, 0.3) is 0 Å². The van der Waals surface area contributed by atoms with E-state index >= 15 is 0 Å². The van der Waals surface area contributed by atoms with E-state index in [4.69, 9.17) is 10.1 Å². The lowest BCUT2D eigenvalue weighted by Gasteiger charge is -2.01. The highest BCUT2D eigenvalue weighted by Gasteiger charge is 1.89. The number of benzene rings is 1. The fourth-order valence-electron chi connectivity index (χ4n) is 0.827. The normalized spacial score (nSPS) is 9.18. The molecule has 0 aliphatic rings. The number of nitrogens with one attached hydrogen (secondary N) is 1. The van der Waals surface area contributed by atoms with Crippen molar-refractivity contribution in [3.63, 3.8) is 0 Å². The summed E-state index contributed by atoms with van der Waals surface area (Å²) in [7, 11) is 0. The van der Waals surface area contributed by atoms with Crippen molar-refractivity contribution in [3.05, 3.63) is 29.8 Å². The van der Waals surface area contributed by atoms with Crippen LogP contribution >= 0.6 is 0 Å². The molecule has 0 aliphatic heterocycles. The van der Waals surface area contributed by atoms with Gasteiger partial charge in [-0.1, -0.05) is 0 Å². The van der Waals surface area contributed by atoms with Gasteiger partial charge in [-0.2, -0.15) is 0 Å². The number of rotatable bonds is 3. The summed E-state index contributed by atoms with van der Waals surface area (Å²) in [5, 5.41) is 6.95. The molecule has 0 aliphatic carbocycles. The average Bonchev–Trinajstić information content (AvgIpc) is 2.07. The Balaban J connectivity index is 2.74. The number of ether oxygens (including phenoxy) is 1. The van der Waals surface area contributed by atoms with Crippen molar-refractivity contribution in [1.82, 2.24) is 0 Å². The summed E-state index contributed by atoms with van der Waals surface area (Å²) < 4.78 is 5.23. The first kappa shape index (κ1) is 7.79. The van der Waals surface area contributed by atoms with Gasteiger partial charge in [0.1, 0.15) is 5.75 Å². The standard InChI is InChI=1S/C9H11NO/c1-2-11-9-5-3-8(7-10)4-6-9/h3-7,10H,2H2,1H3. The van der Waals surface area contributed by atoms with Gasteiger partial charge in [0.2, 0.25) is 0 Å². The molecule has 0 saturated carbocycles. The smallest absolute Gasteiger partial charge is 0.119 e. The fourth-order valence-corrected chi connectivity index (χ4v) is 0.827. The Hall–Kier alpha value is -1.31. The molecule has 0 unspecified atom stereocenters. The zero-order chi connectivity index (χ0) is 8.10. The molecule has 11 heavy (non-hydrogen) atoms. The van der Waals surface area contributed by atoms with E-state index in [1.807, 2.05) is 31.2 Å². The second-order valence-electron chi connectivity index (χ2n) is 2.15. The summed E-state index contributed by atoms with van der Waals surface area (Å²) in [5.74, 6) is 0.859. The first-order chi connectivity index (χ1) is 5.36. The lowest BCUT2D eigenvalue weighted by atomic mass is 10.2. The maximum Gasteiger partial charge on any atom is 0.119 e. The van der Waals surface area contributed by atoms with Crippen LogP contribution < -0.4 is 4.74 Å². The minimum Gasteiger partial charge on any atom is -0.494 e. The molecule has 0 saturated heterocycles. The Bertz CT molecular complexity index is 228. The predicted octanol–water partition coefficient (Wildman–Crippen LogP) is 2.08. The van der Waals surface area contributed by atoms with Gasteiger partial charge in [-0.25, -0.2) is 0 Å². The number of hydrogen-bond acceptors (Lipinski definition) is 2. The lowest BCUT2D eigenvalue weighted by molar-refractivity contribution is 0.340. The van der Waals surface area contributed by atoms with Crippen LogP contribution in [0, 0.1) is 5.41 Å². The third-order valence-electron chi connectivity index (χ3n) is 1.36. The van der Waals surface area contributed by atoms with E-state index in [0.29, 0.717) is 6.61 Å². The highest BCUT2D eigenvalue weighted by Crippen LogP contribution is 2.10. The summed E-state index contributed by atoms with van der Waals surface area (Å²) in [6, 6.07) is 7.45. The summed E-state index contributed by atoms with van der Waals surface area (Å²) >= 11 is 0. The molecule has 0 amide bonds. The van der Waals surface area contributed by atoms with E-state index in [1.165, 1.54) is 6.21 Å². The van der Waals surface area contributed by atoms with Crippen molar-refractivity contribution < 1.29 is 4.74 Å². The molecule has 0 bridgehead atoms. The predicted molar refractivity (Wildman–Crippen MR) is 45.5 cm³/mol. The minimum atomic E-state index is 0.684. The van der Waals surface area contributed by atoms with Crippen molar-refractivity contribution in [2.45, 2.75) is 6.92 Å². The Morgan fingerprint density at radius 1 is 1.36 bits per heavy atom. The van der Waals surface area contributed by atoms with Crippen LogP contribution in [-0.2, 0) is 0 Å². The SMILES string of the molecule is CCOc1ccc(C=N)cc1. The summed E-state index contributed by atoms with van der Waals surface area (Å²) in [6.07, 6.45) is 1.32. The van der Waals surface area contributed by atoms with Gasteiger partial charge in [-0.15, -0.1) is 0 Å². The van der Waals surface area contributed by atoms with Crippen molar-refractivity contribution in [1.29, 1.82) is 5.41 Å². The van der Waals surface area contributed by atoms with Gasteiger partial charge < -0.3 is 10.1 Å². The molecule has 0 radical (unpaired) electrons. The highest BCUT2D eigenvalue weighted by atomic mass is 16.5. The van der Waals surface area contributed by atoms with Gasteiger partial charge in [0.05, 0.1) is 6.61 Å². The van der Waals surface area contributed by atoms with Crippen LogP contribution in [0.25, 0.3) is 0 Å². The average molecular weight is 149 g/mol. The van der Waals surface area contributed by atoms with Crippen molar-refractivity contribution in [2.24, 2.45) is 0 Å². The van der Waals surface area contributed by atoms with Gasteiger partial charge in [-0.3, -0.25) is 0 Å². The molecular weight excluding hydrogens is 138 g/mol. The zero-order valence-electron chi connectivity index (χ0n) is 6.50. The third kappa shape index (κ3) is 2.08. The van der Waals surface area contributed by atoms with Crippen molar-refractivity contribution in [3.8, 4) is 5.75 Å². The van der Waals surface area contributed by atoms with Crippen molar-refractivity contribution in [2.75, 3.05) is 6.61 Å². The zero-order valence-corrected chi connectivity index (χ0v) is 6.50. The Morgan fingerprint density at radius 3 is 2.45 bits per heavy atom. The van der Waals surface area contributed by atoms with Crippen LogP contribution in [0.5, 0.6) is 5.75 Å². The second-order valence-corrected chi connectivity index (χ2v) is 2.15. The molecule has 1 aromatic rings. The van der Waals surface area contributed by atoms with Crippen molar-refractivity contribution >= 4 is 6.21 Å². The van der Waals surface area contributed by atoms with E-state index in [-0.39, 0.29) is 0 Å². The van der Waals surface area contributed by atoms with Crippen LogP contribution in [0.3, 0.4) is 0 Å². The minimum absolute atomic E-state index is 0.684. The molecule has 1 aromatic carbocycles. The fraction of sp³-hybridized carbons (Fsp3) is 0.222. The molecule has 0 atom stereocenters. The second kappa shape index (κ2) is 3.76. The maximum absolute atomic E-state index is 6.95. The molecule has 0 fully saturated rings. The lowest BCUT2D eigenvalue weighted by Crippen LogP contribution is -1.90. The van der Waals surface area contributed by atoms with E-state index in [0.717, 1.165) is 11.3 Å². The Morgan fingerprint density at radius 2 is 2.00 bits per heavy atom. The topological polar surface area (TPSA) is 33.1 Å². The molecule has 0 aromatic heterocycles. The summed E-state index contributed by atoms with van der Waals surface area (Å²) in [5.41, 5.74) is 0.897.